The van der Waals surface area contributed by atoms with Crippen LogP contribution in [0.5, 0.6) is 0 Å². The SMILES string of the molecule is CCN(C(=O)c1cc2ccccc2[nH]1)C1CCC[C@@H](N[C@@H]2CCc3ccccc32)C1. The average Bonchev–Trinajstić information content (AvgIpc) is 3.39. The van der Waals surface area contributed by atoms with Crippen LogP contribution in [-0.4, -0.2) is 34.4 Å². The first kappa shape index (κ1) is 19.4. The van der Waals surface area contributed by atoms with Gasteiger partial charge in [0.05, 0.1) is 0 Å². The van der Waals surface area contributed by atoms with E-state index in [-0.39, 0.29) is 5.91 Å². The van der Waals surface area contributed by atoms with Crippen LogP contribution in [0.15, 0.2) is 54.6 Å². The zero-order valence-electron chi connectivity index (χ0n) is 17.7. The molecule has 1 saturated carbocycles. The smallest absolute Gasteiger partial charge is 0.270 e. The molecule has 2 aliphatic carbocycles. The highest BCUT2D eigenvalue weighted by molar-refractivity contribution is 5.98. The minimum atomic E-state index is 0.130. The van der Waals surface area contributed by atoms with Crippen molar-refractivity contribution >= 4 is 16.8 Å². The molecule has 1 heterocycles. The van der Waals surface area contributed by atoms with Crippen LogP contribution in [0, 0.1) is 0 Å². The Bertz CT molecular complexity index is 1010. The number of aromatic nitrogens is 1. The van der Waals surface area contributed by atoms with E-state index >= 15 is 0 Å². The van der Waals surface area contributed by atoms with Crippen LogP contribution in [0.25, 0.3) is 10.9 Å². The number of nitrogens with zero attached hydrogens (tertiary/aromatic N) is 1. The Morgan fingerprint density at radius 3 is 2.80 bits per heavy atom. The monoisotopic (exact) mass is 401 g/mol. The van der Waals surface area contributed by atoms with Crippen molar-refractivity contribution in [1.29, 1.82) is 0 Å². The summed E-state index contributed by atoms with van der Waals surface area (Å²) >= 11 is 0. The lowest BCUT2D eigenvalue weighted by atomic mass is 9.89. The molecule has 2 aliphatic rings. The largest absolute Gasteiger partial charge is 0.351 e. The van der Waals surface area contributed by atoms with Crippen LogP contribution in [-0.2, 0) is 6.42 Å². The summed E-state index contributed by atoms with van der Waals surface area (Å²) in [6.07, 6.45) is 6.87. The van der Waals surface area contributed by atoms with Crippen molar-refractivity contribution in [3.8, 4) is 0 Å². The third kappa shape index (κ3) is 3.65. The van der Waals surface area contributed by atoms with E-state index in [1.807, 2.05) is 24.3 Å². The molecule has 0 bridgehead atoms. The molecule has 0 saturated heterocycles. The maximum absolute atomic E-state index is 13.3. The summed E-state index contributed by atoms with van der Waals surface area (Å²) in [6.45, 7) is 2.85. The summed E-state index contributed by atoms with van der Waals surface area (Å²) in [5, 5.41) is 5.03. The molecule has 1 amide bonds. The van der Waals surface area contributed by atoms with Crippen LogP contribution < -0.4 is 5.32 Å². The van der Waals surface area contributed by atoms with Crippen LogP contribution in [0.1, 0.15) is 66.7 Å². The van der Waals surface area contributed by atoms with Crippen molar-refractivity contribution in [2.24, 2.45) is 0 Å². The molecule has 0 radical (unpaired) electrons. The average molecular weight is 402 g/mol. The molecular weight excluding hydrogens is 370 g/mol. The Morgan fingerprint density at radius 2 is 1.93 bits per heavy atom. The molecule has 1 fully saturated rings. The number of hydrogen-bond acceptors (Lipinski definition) is 2. The number of rotatable bonds is 5. The van der Waals surface area contributed by atoms with Gasteiger partial charge in [-0.05, 0) is 68.7 Å². The Kier molecular flexibility index (Phi) is 5.34. The second-order valence-corrected chi connectivity index (χ2v) is 8.84. The van der Waals surface area contributed by atoms with Crippen LogP contribution in [0.3, 0.4) is 0 Å². The van der Waals surface area contributed by atoms with Gasteiger partial charge in [-0.1, -0.05) is 42.5 Å². The summed E-state index contributed by atoms with van der Waals surface area (Å²) in [4.78, 5) is 18.7. The number of aromatic amines is 1. The van der Waals surface area contributed by atoms with Gasteiger partial charge in [-0.25, -0.2) is 0 Å². The van der Waals surface area contributed by atoms with Crippen molar-refractivity contribution in [1.82, 2.24) is 15.2 Å². The number of amides is 1. The highest BCUT2D eigenvalue weighted by Gasteiger charge is 2.32. The second-order valence-electron chi connectivity index (χ2n) is 8.84. The van der Waals surface area contributed by atoms with E-state index < -0.39 is 0 Å². The first-order valence-electron chi connectivity index (χ1n) is 11.5. The predicted molar refractivity (Wildman–Crippen MR) is 122 cm³/mol. The Morgan fingerprint density at radius 1 is 1.10 bits per heavy atom. The van der Waals surface area contributed by atoms with E-state index in [0.29, 0.717) is 23.8 Å². The molecule has 3 atom stereocenters. The minimum absolute atomic E-state index is 0.130. The van der Waals surface area contributed by atoms with Crippen molar-refractivity contribution in [2.45, 2.75) is 63.6 Å². The summed E-state index contributed by atoms with van der Waals surface area (Å²) in [7, 11) is 0. The number of carbonyl (C=O) groups excluding carboxylic acids is 1. The summed E-state index contributed by atoms with van der Waals surface area (Å²) in [5.41, 5.74) is 4.70. The maximum Gasteiger partial charge on any atom is 0.270 e. The summed E-state index contributed by atoms with van der Waals surface area (Å²) in [5.74, 6) is 0.130. The number of H-pyrrole nitrogens is 1. The quantitative estimate of drug-likeness (QED) is 0.616. The van der Waals surface area contributed by atoms with E-state index in [4.69, 9.17) is 0 Å². The van der Waals surface area contributed by atoms with Crippen molar-refractivity contribution in [3.05, 3.63) is 71.4 Å². The fourth-order valence-electron chi connectivity index (χ4n) is 5.52. The van der Waals surface area contributed by atoms with Crippen LogP contribution >= 0.6 is 0 Å². The molecule has 156 valence electrons. The molecule has 1 aromatic heterocycles. The lowest BCUT2D eigenvalue weighted by Gasteiger charge is -2.38. The second kappa shape index (κ2) is 8.27. The maximum atomic E-state index is 13.3. The van der Waals surface area contributed by atoms with E-state index in [1.165, 1.54) is 36.8 Å². The molecule has 4 nitrogen and oxygen atoms in total. The number of carbonyl (C=O) groups is 1. The van der Waals surface area contributed by atoms with Gasteiger partial charge < -0.3 is 15.2 Å². The van der Waals surface area contributed by atoms with Crippen LogP contribution in [0.4, 0.5) is 0 Å². The Labute approximate surface area is 178 Å². The zero-order chi connectivity index (χ0) is 20.5. The number of benzene rings is 2. The molecule has 4 heteroatoms. The number of para-hydroxylation sites is 1. The first-order chi connectivity index (χ1) is 14.7. The lowest BCUT2D eigenvalue weighted by Crippen LogP contribution is -2.47. The van der Waals surface area contributed by atoms with Gasteiger partial charge in [-0.2, -0.15) is 0 Å². The van der Waals surface area contributed by atoms with Gasteiger partial charge in [-0.15, -0.1) is 0 Å². The molecule has 5 rings (SSSR count). The summed E-state index contributed by atoms with van der Waals surface area (Å²) in [6, 6.07) is 20.2. The van der Waals surface area contributed by atoms with Gasteiger partial charge in [0.25, 0.3) is 5.91 Å². The van der Waals surface area contributed by atoms with Crippen molar-refractivity contribution in [3.63, 3.8) is 0 Å². The van der Waals surface area contributed by atoms with Gasteiger partial charge in [0.1, 0.15) is 5.69 Å². The highest BCUT2D eigenvalue weighted by Crippen LogP contribution is 2.33. The molecule has 3 aromatic rings. The molecule has 2 aromatic carbocycles. The third-order valence-corrected chi connectivity index (χ3v) is 7.02. The fraction of sp³-hybridized carbons (Fsp3) is 0.423. The number of aryl methyl sites for hydroxylation is 1. The topological polar surface area (TPSA) is 48.1 Å². The predicted octanol–water partition coefficient (Wildman–Crippen LogP) is 5.22. The first-order valence-corrected chi connectivity index (χ1v) is 11.5. The molecule has 0 aliphatic heterocycles. The fourth-order valence-corrected chi connectivity index (χ4v) is 5.52. The molecule has 0 spiro atoms. The van der Waals surface area contributed by atoms with Crippen molar-refractivity contribution in [2.75, 3.05) is 6.54 Å². The van der Waals surface area contributed by atoms with Gasteiger partial charge in [0.2, 0.25) is 0 Å². The normalized spacial score (nSPS) is 23.4. The van der Waals surface area contributed by atoms with E-state index in [2.05, 4.69) is 52.5 Å². The Balaban J connectivity index is 1.29. The van der Waals surface area contributed by atoms with Gasteiger partial charge in [-0.3, -0.25) is 4.79 Å². The minimum Gasteiger partial charge on any atom is -0.351 e. The standard InChI is InChI=1S/C26H31N3O/c1-2-29(26(30)25-16-19-9-4-6-13-23(19)28-25)21-11-7-10-20(17-21)27-24-15-14-18-8-3-5-12-22(18)24/h3-6,8-9,12-13,16,20-21,24,27-28H,2,7,10-11,14-15,17H2,1H3/t20-,21?,24-/m1/s1. The lowest BCUT2D eigenvalue weighted by molar-refractivity contribution is 0.0620. The molecule has 1 unspecified atom stereocenters. The molecular formula is C26H31N3O. The zero-order valence-corrected chi connectivity index (χ0v) is 17.7. The van der Waals surface area contributed by atoms with E-state index in [1.54, 1.807) is 0 Å². The number of hydrogen-bond donors (Lipinski definition) is 2. The van der Waals surface area contributed by atoms with Crippen LogP contribution in [0.2, 0.25) is 0 Å². The van der Waals surface area contributed by atoms with Gasteiger partial charge >= 0.3 is 0 Å². The molecule has 2 N–H and O–H groups in total. The molecule has 30 heavy (non-hydrogen) atoms. The van der Waals surface area contributed by atoms with E-state index in [0.717, 1.165) is 30.3 Å². The summed E-state index contributed by atoms with van der Waals surface area (Å²) < 4.78 is 0. The van der Waals surface area contributed by atoms with Crippen molar-refractivity contribution < 1.29 is 4.79 Å². The third-order valence-electron chi connectivity index (χ3n) is 7.02. The Hall–Kier alpha value is -2.59. The number of fused-ring (bicyclic) bond motifs is 2. The van der Waals surface area contributed by atoms with E-state index in [9.17, 15) is 4.79 Å². The van der Waals surface area contributed by atoms with Gasteiger partial charge in [0, 0.05) is 35.6 Å². The number of nitrogens with one attached hydrogen (secondary N) is 2. The van der Waals surface area contributed by atoms with Gasteiger partial charge in [0.15, 0.2) is 0 Å². The highest BCUT2D eigenvalue weighted by atomic mass is 16.2.